The van der Waals surface area contributed by atoms with Crippen LogP contribution in [0.5, 0.6) is 0 Å². The maximum Gasteiger partial charge on any atom is 0.169 e. The van der Waals surface area contributed by atoms with Gasteiger partial charge in [0.2, 0.25) is 0 Å². The van der Waals surface area contributed by atoms with Gasteiger partial charge in [-0.3, -0.25) is 0 Å². The topological polar surface area (TPSA) is 52.0 Å². The minimum absolute atomic E-state index is 0.0468. The van der Waals surface area contributed by atoms with Crippen molar-refractivity contribution in [3.63, 3.8) is 0 Å². The zero-order valence-electron chi connectivity index (χ0n) is 7.92. The van der Waals surface area contributed by atoms with Crippen LogP contribution < -0.4 is 5.73 Å². The maximum atomic E-state index is 13.1. The molecule has 0 radical (unpaired) electrons. The van der Waals surface area contributed by atoms with Crippen LogP contribution in [0.1, 0.15) is 5.56 Å². The lowest BCUT2D eigenvalue weighted by molar-refractivity contribution is 0.435. The number of nitrogens with zero attached hydrogens (tertiary/aromatic N) is 1. The Bertz CT molecular complexity index is 510. The average molecular weight is 227 g/mol. The first-order valence-corrected chi connectivity index (χ1v) is 4.64. The van der Waals surface area contributed by atoms with E-state index in [0.29, 0.717) is 16.9 Å². The van der Waals surface area contributed by atoms with Gasteiger partial charge < -0.3 is 10.3 Å². The molecule has 2 aromatic rings. The van der Waals surface area contributed by atoms with Crippen LogP contribution in [0.3, 0.4) is 0 Å². The number of aryl methyl sites for hydroxylation is 1. The quantitative estimate of drug-likeness (QED) is 0.813. The Morgan fingerprint density at radius 2 is 2.13 bits per heavy atom. The monoisotopic (exact) mass is 226 g/mol. The van der Waals surface area contributed by atoms with E-state index in [0.717, 1.165) is 0 Å². The molecule has 0 atom stereocenters. The first-order chi connectivity index (χ1) is 7.08. The van der Waals surface area contributed by atoms with Crippen LogP contribution in [0.15, 0.2) is 22.7 Å². The summed E-state index contributed by atoms with van der Waals surface area (Å²) in [6.07, 6.45) is 0. The number of rotatable bonds is 1. The lowest BCUT2D eigenvalue weighted by Crippen LogP contribution is -1.85. The summed E-state index contributed by atoms with van der Waals surface area (Å²) in [5, 5.41) is 3.60. The molecule has 15 heavy (non-hydrogen) atoms. The molecule has 2 N–H and O–H groups in total. The summed E-state index contributed by atoms with van der Waals surface area (Å²) in [6, 6.07) is 4.40. The van der Waals surface area contributed by atoms with Crippen molar-refractivity contribution in [3.8, 4) is 11.3 Å². The first-order valence-electron chi connectivity index (χ1n) is 4.26. The number of nitrogen functional groups attached to an aromatic ring is 1. The number of hydrogen-bond acceptors (Lipinski definition) is 3. The minimum atomic E-state index is -0.453. The van der Waals surface area contributed by atoms with Crippen molar-refractivity contribution in [2.75, 3.05) is 5.73 Å². The van der Waals surface area contributed by atoms with Crippen molar-refractivity contribution in [2.45, 2.75) is 6.92 Å². The van der Waals surface area contributed by atoms with Crippen molar-refractivity contribution in [2.24, 2.45) is 0 Å². The van der Waals surface area contributed by atoms with Crippen molar-refractivity contribution in [1.82, 2.24) is 5.16 Å². The molecule has 78 valence electrons. The lowest BCUT2D eigenvalue weighted by atomic mass is 10.1. The number of nitrogens with two attached hydrogens (primary N) is 1. The van der Waals surface area contributed by atoms with Gasteiger partial charge in [0.25, 0.3) is 0 Å². The third-order valence-electron chi connectivity index (χ3n) is 2.06. The Kier molecular flexibility index (Phi) is 2.36. The maximum absolute atomic E-state index is 13.1. The number of benzene rings is 1. The van der Waals surface area contributed by atoms with E-state index in [1.54, 1.807) is 13.0 Å². The van der Waals surface area contributed by atoms with Gasteiger partial charge in [-0.1, -0.05) is 16.8 Å². The van der Waals surface area contributed by atoms with Crippen LogP contribution in [0, 0.1) is 12.7 Å². The molecule has 0 fully saturated rings. The molecule has 0 aliphatic carbocycles. The van der Waals surface area contributed by atoms with Gasteiger partial charge in [0, 0.05) is 11.6 Å². The Labute approximate surface area is 90.6 Å². The van der Waals surface area contributed by atoms with E-state index in [-0.39, 0.29) is 10.8 Å². The van der Waals surface area contributed by atoms with Gasteiger partial charge in [0.1, 0.15) is 5.82 Å². The third-order valence-corrected chi connectivity index (χ3v) is 2.35. The Morgan fingerprint density at radius 3 is 2.73 bits per heavy atom. The van der Waals surface area contributed by atoms with Gasteiger partial charge in [-0.15, -0.1) is 0 Å². The van der Waals surface area contributed by atoms with E-state index in [4.69, 9.17) is 21.9 Å². The van der Waals surface area contributed by atoms with Crippen LogP contribution in [-0.4, -0.2) is 5.16 Å². The van der Waals surface area contributed by atoms with E-state index in [1.165, 1.54) is 12.1 Å². The molecule has 0 saturated carbocycles. The van der Waals surface area contributed by atoms with Gasteiger partial charge in [0.05, 0.1) is 5.02 Å². The van der Waals surface area contributed by atoms with Gasteiger partial charge >= 0.3 is 0 Å². The van der Waals surface area contributed by atoms with Gasteiger partial charge in [0.15, 0.2) is 11.6 Å². The van der Waals surface area contributed by atoms with Gasteiger partial charge in [-0.05, 0) is 24.6 Å². The molecule has 1 heterocycles. The zero-order chi connectivity index (χ0) is 11.0. The Balaban J connectivity index is 2.58. The number of halogens is 2. The molecule has 0 amide bonds. The summed E-state index contributed by atoms with van der Waals surface area (Å²) >= 11 is 5.67. The van der Waals surface area contributed by atoms with E-state index < -0.39 is 5.82 Å². The second kappa shape index (κ2) is 3.55. The van der Waals surface area contributed by atoms with Crippen LogP contribution >= 0.6 is 11.6 Å². The first kappa shape index (κ1) is 9.98. The molecule has 1 aromatic carbocycles. The number of anilines is 1. The van der Waals surface area contributed by atoms with Crippen LogP contribution in [0.25, 0.3) is 11.3 Å². The molecule has 0 unspecified atom stereocenters. The summed E-state index contributed by atoms with van der Waals surface area (Å²) in [5.41, 5.74) is 6.82. The van der Waals surface area contributed by atoms with E-state index >= 15 is 0 Å². The Hall–Kier alpha value is -1.55. The molecule has 0 saturated heterocycles. The smallest absolute Gasteiger partial charge is 0.169 e. The van der Waals surface area contributed by atoms with Crippen LogP contribution in [0.4, 0.5) is 10.2 Å². The minimum Gasteiger partial charge on any atom is -0.381 e. The average Bonchev–Trinajstić information content (AvgIpc) is 2.58. The SMILES string of the molecule is Cc1cc(F)c(Cl)cc1-c1cc(N)no1. The highest BCUT2D eigenvalue weighted by Gasteiger charge is 2.11. The van der Waals surface area contributed by atoms with E-state index in [2.05, 4.69) is 5.16 Å². The summed E-state index contributed by atoms with van der Waals surface area (Å²) in [6.45, 7) is 1.76. The lowest BCUT2D eigenvalue weighted by Gasteiger charge is -2.02. The molecule has 0 bridgehead atoms. The van der Waals surface area contributed by atoms with Gasteiger partial charge in [-0.25, -0.2) is 4.39 Å². The fourth-order valence-electron chi connectivity index (χ4n) is 1.33. The number of aromatic nitrogens is 1. The second-order valence-corrected chi connectivity index (χ2v) is 3.60. The molecule has 0 aliphatic rings. The normalized spacial score (nSPS) is 10.6. The van der Waals surface area contributed by atoms with E-state index in [1.807, 2.05) is 0 Å². The number of hydrogen-bond donors (Lipinski definition) is 1. The highest BCUT2D eigenvalue weighted by atomic mass is 35.5. The summed E-state index contributed by atoms with van der Waals surface area (Å²) in [5.74, 6) is 0.308. The second-order valence-electron chi connectivity index (χ2n) is 3.20. The Morgan fingerprint density at radius 1 is 1.40 bits per heavy atom. The van der Waals surface area contributed by atoms with Crippen LogP contribution in [-0.2, 0) is 0 Å². The van der Waals surface area contributed by atoms with Crippen molar-refractivity contribution >= 4 is 17.4 Å². The van der Waals surface area contributed by atoms with Crippen molar-refractivity contribution < 1.29 is 8.91 Å². The molecular formula is C10H8ClFN2O. The molecule has 5 heteroatoms. The fraction of sp³-hybridized carbons (Fsp3) is 0.100. The molecule has 1 aromatic heterocycles. The molecular weight excluding hydrogens is 219 g/mol. The molecule has 0 aliphatic heterocycles. The van der Waals surface area contributed by atoms with Crippen molar-refractivity contribution in [3.05, 3.63) is 34.6 Å². The summed E-state index contributed by atoms with van der Waals surface area (Å²) < 4.78 is 18.0. The zero-order valence-corrected chi connectivity index (χ0v) is 8.68. The van der Waals surface area contributed by atoms with Gasteiger partial charge in [-0.2, -0.15) is 0 Å². The summed E-state index contributed by atoms with van der Waals surface area (Å²) in [4.78, 5) is 0. The predicted octanol–water partition coefficient (Wildman–Crippen LogP) is 3.02. The summed E-state index contributed by atoms with van der Waals surface area (Å²) in [7, 11) is 0. The fourth-order valence-corrected chi connectivity index (χ4v) is 1.49. The standard InChI is InChI=1S/C10H8ClFN2O/c1-5-2-8(12)7(11)3-6(5)9-4-10(13)14-15-9/h2-4H,1H3,(H2,13,14). The highest BCUT2D eigenvalue weighted by Crippen LogP contribution is 2.29. The highest BCUT2D eigenvalue weighted by molar-refractivity contribution is 6.31. The molecule has 0 spiro atoms. The largest absolute Gasteiger partial charge is 0.381 e. The molecule has 3 nitrogen and oxygen atoms in total. The van der Waals surface area contributed by atoms with Crippen LogP contribution in [0.2, 0.25) is 5.02 Å². The molecule has 2 rings (SSSR count). The predicted molar refractivity (Wildman–Crippen MR) is 56.1 cm³/mol. The van der Waals surface area contributed by atoms with E-state index in [9.17, 15) is 4.39 Å². The van der Waals surface area contributed by atoms with Crippen molar-refractivity contribution in [1.29, 1.82) is 0 Å². The third kappa shape index (κ3) is 1.80.